The van der Waals surface area contributed by atoms with Crippen molar-refractivity contribution in [3.63, 3.8) is 0 Å². The van der Waals surface area contributed by atoms with Crippen molar-refractivity contribution < 1.29 is 24.3 Å². The van der Waals surface area contributed by atoms with Gasteiger partial charge in [0.1, 0.15) is 11.9 Å². The number of unbranched alkanes of at least 4 members (excludes halogenated alkanes) is 1. The zero-order chi connectivity index (χ0) is 18.1. The molecule has 4 N–H and O–H groups in total. The summed E-state index contributed by atoms with van der Waals surface area (Å²) in [6.07, 6.45) is 0.540. The molecule has 0 unspecified atom stereocenters. The first-order chi connectivity index (χ1) is 10.4. The third-order valence-electron chi connectivity index (χ3n) is 2.17. The van der Waals surface area contributed by atoms with Gasteiger partial charge in [0.25, 0.3) is 0 Å². The first-order valence-electron chi connectivity index (χ1n) is 7.45. The molecule has 0 aliphatic heterocycles. The number of amidine groups is 1. The summed E-state index contributed by atoms with van der Waals surface area (Å²) < 4.78 is 4.31. The van der Waals surface area contributed by atoms with Gasteiger partial charge in [-0.15, -0.1) is 0 Å². The van der Waals surface area contributed by atoms with Crippen LogP contribution in [0.25, 0.3) is 0 Å². The van der Waals surface area contributed by atoms with Gasteiger partial charge in [-0.1, -0.05) is 27.7 Å². The molecule has 0 bridgehead atoms. The van der Waals surface area contributed by atoms with Crippen LogP contribution in [0.1, 0.15) is 53.9 Å². The molecular weight excluding hydrogens is 290 g/mol. The number of nitrogens with two attached hydrogens (primary N) is 1. The third-order valence-corrected chi connectivity index (χ3v) is 2.17. The number of hydrogen-bond acceptors (Lipinski definition) is 6. The van der Waals surface area contributed by atoms with E-state index in [0.29, 0.717) is 19.3 Å². The fourth-order valence-electron chi connectivity index (χ4n) is 1.15. The van der Waals surface area contributed by atoms with Crippen LogP contribution >= 0.6 is 0 Å². The third kappa shape index (κ3) is 14.6. The van der Waals surface area contributed by atoms with Gasteiger partial charge in [-0.3, -0.25) is 10.2 Å². The number of carboxylic acids is 1. The van der Waals surface area contributed by atoms with E-state index in [-0.39, 0.29) is 12.4 Å². The molecule has 0 fully saturated rings. The Morgan fingerprint density at radius 2 is 1.73 bits per heavy atom. The van der Waals surface area contributed by atoms with Crippen LogP contribution in [0.3, 0.4) is 0 Å². The highest BCUT2D eigenvalue weighted by Gasteiger charge is 2.14. The SMILES string of the molecule is CC.CC.COC(=O)ON(CCCC[C@H](N)C(=O)O)C(C)=N. The highest BCUT2D eigenvalue weighted by atomic mass is 16.8. The Kier molecular flexibility index (Phi) is 19.7. The van der Waals surface area contributed by atoms with E-state index in [9.17, 15) is 9.59 Å². The zero-order valence-corrected chi connectivity index (χ0v) is 14.5. The van der Waals surface area contributed by atoms with Crippen molar-refractivity contribution >= 4 is 18.0 Å². The molecule has 0 saturated carbocycles. The first kappa shape index (κ1) is 25.1. The van der Waals surface area contributed by atoms with E-state index in [2.05, 4.69) is 4.74 Å². The summed E-state index contributed by atoms with van der Waals surface area (Å²) in [7, 11) is 1.17. The maximum Gasteiger partial charge on any atom is 0.533 e. The second kappa shape index (κ2) is 17.2. The smallest absolute Gasteiger partial charge is 0.480 e. The molecule has 0 spiro atoms. The zero-order valence-electron chi connectivity index (χ0n) is 14.5. The number of nitrogens with one attached hydrogen (secondary N) is 1. The Hall–Kier alpha value is -1.83. The molecule has 0 rings (SSSR count). The fourth-order valence-corrected chi connectivity index (χ4v) is 1.15. The lowest BCUT2D eigenvalue weighted by atomic mass is 10.1. The number of hydrogen-bond donors (Lipinski definition) is 3. The second-order valence-corrected chi connectivity index (χ2v) is 3.67. The molecule has 0 aromatic carbocycles. The summed E-state index contributed by atoms with van der Waals surface area (Å²) in [5, 5.41) is 17.0. The Morgan fingerprint density at radius 3 is 2.09 bits per heavy atom. The van der Waals surface area contributed by atoms with Crippen molar-refractivity contribution in [2.24, 2.45) is 5.73 Å². The number of rotatable bonds is 6. The molecule has 0 heterocycles. The lowest BCUT2D eigenvalue weighted by Crippen LogP contribution is -2.33. The number of aliphatic carboxylic acids is 1. The van der Waals surface area contributed by atoms with E-state index >= 15 is 0 Å². The topological polar surface area (TPSA) is 126 Å². The number of nitrogens with zero attached hydrogens (tertiary/aromatic N) is 1. The van der Waals surface area contributed by atoms with Crippen molar-refractivity contribution in [3.8, 4) is 0 Å². The number of carbonyl (C=O) groups is 2. The molecule has 0 aromatic rings. The van der Waals surface area contributed by atoms with Crippen LogP contribution < -0.4 is 5.73 Å². The lowest BCUT2D eigenvalue weighted by Gasteiger charge is -2.20. The highest BCUT2D eigenvalue weighted by molar-refractivity contribution is 5.76. The van der Waals surface area contributed by atoms with E-state index < -0.39 is 18.2 Å². The van der Waals surface area contributed by atoms with Crippen LogP contribution in [-0.2, 0) is 14.4 Å². The van der Waals surface area contributed by atoms with Gasteiger partial charge >= 0.3 is 12.1 Å². The Balaban J connectivity index is -0.000000826. The molecule has 0 aliphatic rings. The van der Waals surface area contributed by atoms with Gasteiger partial charge in [-0.2, -0.15) is 5.06 Å². The van der Waals surface area contributed by atoms with Gasteiger partial charge < -0.3 is 20.4 Å². The second-order valence-electron chi connectivity index (χ2n) is 3.67. The summed E-state index contributed by atoms with van der Waals surface area (Å²) in [4.78, 5) is 26.1. The van der Waals surface area contributed by atoms with Crippen molar-refractivity contribution in [1.82, 2.24) is 5.06 Å². The van der Waals surface area contributed by atoms with Crippen LogP contribution in [0.2, 0.25) is 0 Å². The number of ether oxygens (including phenoxy) is 1. The fraction of sp³-hybridized carbons (Fsp3) is 0.786. The molecule has 8 nitrogen and oxygen atoms in total. The minimum atomic E-state index is -1.04. The molecule has 0 amide bonds. The molecule has 0 saturated heterocycles. The Morgan fingerprint density at radius 1 is 1.23 bits per heavy atom. The van der Waals surface area contributed by atoms with Gasteiger partial charge in [-0.25, -0.2) is 4.79 Å². The lowest BCUT2D eigenvalue weighted by molar-refractivity contribution is -0.138. The highest BCUT2D eigenvalue weighted by Crippen LogP contribution is 2.03. The Labute approximate surface area is 133 Å². The molecule has 0 aromatic heterocycles. The number of carboxylic acid groups (broad SMARTS) is 1. The molecule has 0 aliphatic carbocycles. The standard InChI is InChI=1S/C10H19N3O5.2C2H6/c1-7(11)13(18-10(16)17-2)6-4-3-5-8(12)9(14)15;2*1-2/h8,11H,3-6,12H2,1-2H3,(H,14,15);2*1-2H3/t8-;;/m0../s1. The van der Waals surface area contributed by atoms with Crippen molar-refractivity contribution in [2.45, 2.75) is 59.9 Å². The van der Waals surface area contributed by atoms with Gasteiger partial charge in [0.15, 0.2) is 0 Å². The van der Waals surface area contributed by atoms with Crippen LogP contribution in [-0.4, -0.2) is 47.8 Å². The van der Waals surface area contributed by atoms with Gasteiger partial charge in [0.05, 0.1) is 13.7 Å². The van der Waals surface area contributed by atoms with Gasteiger partial charge in [0.2, 0.25) is 0 Å². The summed E-state index contributed by atoms with van der Waals surface area (Å²) in [5.74, 6) is -0.983. The van der Waals surface area contributed by atoms with Crippen LogP contribution in [0.4, 0.5) is 4.79 Å². The monoisotopic (exact) mass is 321 g/mol. The Bertz CT molecular complexity index is 311. The van der Waals surface area contributed by atoms with E-state index in [0.717, 1.165) is 5.06 Å². The summed E-state index contributed by atoms with van der Waals surface area (Å²) in [6.45, 7) is 9.75. The van der Waals surface area contributed by atoms with Crippen molar-refractivity contribution in [1.29, 1.82) is 5.41 Å². The van der Waals surface area contributed by atoms with Gasteiger partial charge in [-0.05, 0) is 26.2 Å². The largest absolute Gasteiger partial charge is 0.533 e. The maximum atomic E-state index is 10.9. The summed E-state index contributed by atoms with van der Waals surface area (Å²) in [5.41, 5.74) is 5.33. The van der Waals surface area contributed by atoms with Crippen LogP contribution in [0.15, 0.2) is 0 Å². The normalized spacial score (nSPS) is 9.95. The average Bonchev–Trinajstić information content (AvgIpc) is 2.53. The molecule has 0 radical (unpaired) electrons. The predicted molar refractivity (Wildman–Crippen MR) is 85.8 cm³/mol. The molecule has 22 heavy (non-hydrogen) atoms. The van der Waals surface area contributed by atoms with E-state index in [1.807, 2.05) is 27.7 Å². The van der Waals surface area contributed by atoms with Crippen molar-refractivity contribution in [3.05, 3.63) is 0 Å². The summed E-state index contributed by atoms with van der Waals surface area (Å²) >= 11 is 0. The average molecular weight is 321 g/mol. The quantitative estimate of drug-likeness (QED) is 0.226. The first-order valence-corrected chi connectivity index (χ1v) is 7.45. The molecular formula is C14H31N3O5. The molecule has 132 valence electrons. The van der Waals surface area contributed by atoms with Gasteiger partial charge in [0, 0.05) is 0 Å². The van der Waals surface area contributed by atoms with Crippen LogP contribution in [0, 0.1) is 5.41 Å². The summed E-state index contributed by atoms with van der Waals surface area (Å²) in [6, 6.07) is -0.888. The number of hydroxylamine groups is 2. The van der Waals surface area contributed by atoms with Crippen LogP contribution in [0.5, 0.6) is 0 Å². The van der Waals surface area contributed by atoms with E-state index in [4.69, 9.17) is 21.1 Å². The van der Waals surface area contributed by atoms with Crippen molar-refractivity contribution in [2.75, 3.05) is 13.7 Å². The minimum Gasteiger partial charge on any atom is -0.480 e. The number of carbonyl (C=O) groups excluding carboxylic acids is 1. The molecule has 8 heteroatoms. The van der Waals surface area contributed by atoms with E-state index in [1.54, 1.807) is 0 Å². The minimum absolute atomic E-state index is 0.0583. The van der Waals surface area contributed by atoms with E-state index in [1.165, 1.54) is 14.0 Å². The molecule has 1 atom stereocenters. The number of methoxy groups -OCH3 is 1. The maximum absolute atomic E-state index is 10.9. The predicted octanol–water partition coefficient (Wildman–Crippen LogP) is 2.62.